The van der Waals surface area contributed by atoms with Crippen LogP contribution < -0.4 is 4.74 Å². The van der Waals surface area contributed by atoms with Crippen LogP contribution in [0.2, 0.25) is 0 Å². The number of carboxylic acid groups (broad SMARTS) is 1. The van der Waals surface area contributed by atoms with Crippen molar-refractivity contribution in [2.24, 2.45) is 5.41 Å². The molecule has 1 N–H and O–H groups in total. The molecular formula is C23H24ClNO3. The molecule has 4 nitrogen and oxygen atoms in total. The van der Waals surface area contributed by atoms with E-state index in [1.165, 1.54) is 0 Å². The van der Waals surface area contributed by atoms with Gasteiger partial charge in [0.1, 0.15) is 5.75 Å². The number of nitriles is 1. The van der Waals surface area contributed by atoms with Crippen molar-refractivity contribution in [2.45, 2.75) is 43.9 Å². The highest BCUT2D eigenvalue weighted by atomic mass is 35.5. The van der Waals surface area contributed by atoms with Gasteiger partial charge in [-0.05, 0) is 54.5 Å². The summed E-state index contributed by atoms with van der Waals surface area (Å²) in [7, 11) is 0. The van der Waals surface area contributed by atoms with Crippen molar-refractivity contribution in [1.82, 2.24) is 0 Å². The van der Waals surface area contributed by atoms with Gasteiger partial charge < -0.3 is 9.84 Å². The highest BCUT2D eigenvalue weighted by Crippen LogP contribution is 2.49. The number of ether oxygens (including phenoxy) is 1. The molecule has 2 aromatic rings. The van der Waals surface area contributed by atoms with E-state index in [-0.39, 0.29) is 5.38 Å². The summed E-state index contributed by atoms with van der Waals surface area (Å²) in [5.41, 5.74) is 1.40. The van der Waals surface area contributed by atoms with Gasteiger partial charge in [-0.15, -0.1) is 11.6 Å². The summed E-state index contributed by atoms with van der Waals surface area (Å²) in [4.78, 5) is 11.9. The molecule has 0 aromatic heterocycles. The maximum Gasteiger partial charge on any atom is 0.324 e. The highest BCUT2D eigenvalue weighted by Gasteiger charge is 2.52. The van der Waals surface area contributed by atoms with Gasteiger partial charge in [-0.3, -0.25) is 4.79 Å². The summed E-state index contributed by atoms with van der Waals surface area (Å²) in [6.07, 6.45) is 2.65. The van der Waals surface area contributed by atoms with E-state index in [2.05, 4.69) is 13.0 Å². The molecule has 2 aromatic carbocycles. The third kappa shape index (κ3) is 3.86. The van der Waals surface area contributed by atoms with E-state index in [0.29, 0.717) is 25.9 Å². The Morgan fingerprint density at radius 3 is 2.36 bits per heavy atom. The Bertz CT molecular complexity index is 857. The Balaban J connectivity index is 1.87. The van der Waals surface area contributed by atoms with Gasteiger partial charge in [0.25, 0.3) is 0 Å². The minimum Gasteiger partial charge on any atom is -0.494 e. The van der Waals surface area contributed by atoms with Crippen LogP contribution in [0.1, 0.15) is 44.1 Å². The average molecular weight is 398 g/mol. The number of nitrogens with zero attached hydrogens (tertiary/aromatic N) is 1. The lowest BCUT2D eigenvalue weighted by Crippen LogP contribution is -2.43. The summed E-state index contributed by atoms with van der Waals surface area (Å²) in [5, 5.41) is 19.1. The second-order valence-corrected chi connectivity index (χ2v) is 7.83. The fourth-order valence-electron chi connectivity index (χ4n) is 3.96. The summed E-state index contributed by atoms with van der Waals surface area (Å²) in [6, 6.07) is 17.7. The molecule has 5 heteroatoms. The minimum atomic E-state index is -1.47. The highest BCUT2D eigenvalue weighted by molar-refractivity contribution is 6.21. The predicted molar refractivity (Wildman–Crippen MR) is 110 cm³/mol. The number of aliphatic carboxylic acids is 1. The number of carboxylic acids is 1. The van der Waals surface area contributed by atoms with Crippen LogP contribution in [0, 0.1) is 16.7 Å². The Morgan fingerprint density at radius 1 is 1.21 bits per heavy atom. The zero-order valence-electron chi connectivity index (χ0n) is 15.9. The molecule has 0 aliphatic heterocycles. The van der Waals surface area contributed by atoms with Crippen LogP contribution in [0.4, 0.5) is 0 Å². The molecule has 3 atom stereocenters. The summed E-state index contributed by atoms with van der Waals surface area (Å²) in [6.45, 7) is 2.76. The molecule has 0 radical (unpaired) electrons. The number of alkyl halides is 1. The zero-order chi connectivity index (χ0) is 20.1. The first-order valence-corrected chi connectivity index (χ1v) is 10.1. The van der Waals surface area contributed by atoms with Gasteiger partial charge in [0.15, 0.2) is 5.41 Å². The van der Waals surface area contributed by atoms with E-state index >= 15 is 0 Å². The monoisotopic (exact) mass is 397 g/mol. The van der Waals surface area contributed by atoms with Crippen molar-refractivity contribution in [3.63, 3.8) is 0 Å². The lowest BCUT2D eigenvalue weighted by molar-refractivity contribution is -0.148. The van der Waals surface area contributed by atoms with Crippen LogP contribution in [0.5, 0.6) is 5.75 Å². The molecule has 0 bridgehead atoms. The molecule has 1 fully saturated rings. The van der Waals surface area contributed by atoms with Gasteiger partial charge in [0, 0.05) is 11.3 Å². The normalized spacial score (nSPS) is 24.3. The summed E-state index contributed by atoms with van der Waals surface area (Å²) >= 11 is 6.51. The molecule has 1 aliphatic carbocycles. The topological polar surface area (TPSA) is 70.3 Å². The molecule has 0 amide bonds. The zero-order valence-corrected chi connectivity index (χ0v) is 16.7. The van der Waals surface area contributed by atoms with Crippen LogP contribution in [-0.4, -0.2) is 23.1 Å². The standard InChI is InChI=1S/C23H24ClNO3/c1-2-14-28-19-11-9-17(10-12-19)16-5-7-18(8-6-16)21-20(24)4-3-13-23(21,15-25)22(26)27/h5-12,20-21H,2-4,13-14H2,1H3,(H,26,27). The number of hydrogen-bond acceptors (Lipinski definition) is 3. The third-order valence-corrected chi connectivity index (χ3v) is 5.93. The van der Waals surface area contributed by atoms with E-state index in [1.54, 1.807) is 0 Å². The lowest BCUT2D eigenvalue weighted by atomic mass is 9.64. The summed E-state index contributed by atoms with van der Waals surface area (Å²) < 4.78 is 5.61. The van der Waals surface area contributed by atoms with E-state index in [4.69, 9.17) is 16.3 Å². The Hall–Kier alpha value is -2.51. The van der Waals surface area contributed by atoms with Crippen molar-refractivity contribution in [2.75, 3.05) is 6.61 Å². The number of halogens is 1. The smallest absolute Gasteiger partial charge is 0.324 e. The maximum absolute atomic E-state index is 11.9. The van der Waals surface area contributed by atoms with Crippen molar-refractivity contribution in [1.29, 1.82) is 5.26 Å². The second-order valence-electron chi connectivity index (χ2n) is 7.27. The van der Waals surface area contributed by atoms with Gasteiger partial charge in [-0.1, -0.05) is 43.3 Å². The lowest BCUT2D eigenvalue weighted by Gasteiger charge is -2.39. The largest absolute Gasteiger partial charge is 0.494 e. The maximum atomic E-state index is 11.9. The van der Waals surface area contributed by atoms with Crippen molar-refractivity contribution >= 4 is 17.6 Å². The van der Waals surface area contributed by atoms with Gasteiger partial charge >= 0.3 is 5.97 Å². The number of carbonyl (C=O) groups is 1. The van der Waals surface area contributed by atoms with Gasteiger partial charge in [-0.2, -0.15) is 5.26 Å². The van der Waals surface area contributed by atoms with Crippen molar-refractivity contribution in [3.05, 3.63) is 54.1 Å². The first kappa shape index (κ1) is 20.2. The Kier molecular flexibility index (Phi) is 6.26. The Labute approximate surface area is 170 Å². The first-order valence-electron chi connectivity index (χ1n) is 9.63. The average Bonchev–Trinajstić information content (AvgIpc) is 2.72. The fourth-order valence-corrected chi connectivity index (χ4v) is 4.47. The summed E-state index contributed by atoms with van der Waals surface area (Å²) in [5.74, 6) is -0.768. The second kappa shape index (κ2) is 8.67. The van der Waals surface area contributed by atoms with Crippen LogP contribution in [0.15, 0.2) is 48.5 Å². The van der Waals surface area contributed by atoms with E-state index in [0.717, 1.165) is 28.9 Å². The van der Waals surface area contributed by atoms with Gasteiger partial charge in [0.05, 0.1) is 12.7 Å². The molecule has 1 aliphatic rings. The van der Waals surface area contributed by atoms with Gasteiger partial charge in [-0.25, -0.2) is 0 Å². The van der Waals surface area contributed by atoms with Crippen LogP contribution in [-0.2, 0) is 4.79 Å². The molecule has 0 saturated heterocycles. The molecule has 146 valence electrons. The van der Waals surface area contributed by atoms with E-state index in [1.807, 2.05) is 48.5 Å². The first-order chi connectivity index (χ1) is 13.5. The van der Waals surface area contributed by atoms with Crippen LogP contribution in [0.25, 0.3) is 11.1 Å². The number of benzene rings is 2. The molecule has 3 rings (SSSR count). The molecule has 1 saturated carbocycles. The van der Waals surface area contributed by atoms with Crippen molar-refractivity contribution < 1.29 is 14.6 Å². The molecule has 0 heterocycles. The molecule has 3 unspecified atom stereocenters. The quantitative estimate of drug-likeness (QED) is 0.643. The van der Waals surface area contributed by atoms with Gasteiger partial charge in [0.2, 0.25) is 0 Å². The van der Waals surface area contributed by atoms with Crippen molar-refractivity contribution in [3.8, 4) is 22.9 Å². The SMILES string of the molecule is CCCOc1ccc(-c2ccc(C3C(Cl)CCCC3(C#N)C(=O)O)cc2)cc1. The predicted octanol–water partition coefficient (Wildman–Crippen LogP) is 5.61. The molecular weight excluding hydrogens is 374 g/mol. The molecule has 0 spiro atoms. The van der Waals surface area contributed by atoms with Crippen LogP contribution >= 0.6 is 11.6 Å². The Morgan fingerprint density at radius 2 is 1.82 bits per heavy atom. The fraction of sp³-hybridized carbons (Fsp3) is 0.391. The molecule has 28 heavy (non-hydrogen) atoms. The van der Waals surface area contributed by atoms with E-state index in [9.17, 15) is 15.2 Å². The van der Waals surface area contributed by atoms with E-state index < -0.39 is 17.3 Å². The van der Waals surface area contributed by atoms with Crippen LogP contribution in [0.3, 0.4) is 0 Å². The minimum absolute atomic E-state index is 0.327. The third-order valence-electron chi connectivity index (χ3n) is 5.46. The number of rotatable bonds is 6. The number of hydrogen-bond donors (Lipinski definition) is 1.